The molecular formula is C50H66BClN14O6. The third kappa shape index (κ3) is 15.4. The molecule has 4 aromatic heterocycles. The number of rotatable bonds is 12. The molecule has 382 valence electrons. The summed E-state index contributed by atoms with van der Waals surface area (Å²) in [7, 11) is 3.31. The number of hydrogen-bond donors (Lipinski definition) is 4. The van der Waals surface area contributed by atoms with Crippen molar-refractivity contribution in [3.63, 3.8) is 0 Å². The minimum Gasteiger partial charge on any atom is -0.444 e. The van der Waals surface area contributed by atoms with E-state index in [4.69, 9.17) is 30.4 Å². The number of aryl methyl sites for hydroxylation is 2. The van der Waals surface area contributed by atoms with Gasteiger partial charge in [-0.25, -0.2) is 29.5 Å². The van der Waals surface area contributed by atoms with Crippen LogP contribution in [0.4, 0.5) is 33.1 Å². The van der Waals surface area contributed by atoms with Gasteiger partial charge < -0.3 is 40.0 Å². The molecule has 1 saturated heterocycles. The van der Waals surface area contributed by atoms with E-state index >= 15 is 0 Å². The standard InChI is InChI=1S/C22H27N7O2.C21H32BNO4.C7H7ClN6/c1-22(2,3)31-21(30)23-12-16-8-7-15(11-17(16)14-5-6-14)19-24-13-25-20(27-19)26-18-9-10-29(4)28-18;1-19(2,3)25-18(24)23-13-15-10-11-16(12-17(15)14-8-9-14)22-26-20(4,5)21(6,7)27-22;1-14-3-2-5(13-14)11-7-10-4-9-6(8)12-7/h7-11,13-14H,5-6,12H2,1-4H3,(H,23,30)(H,24,25,26,27,28);10-12,14H,8-9,13H2,1-7H3,(H,23,24);2-4H,1H3,(H,9,10,11,12,13). The zero-order valence-corrected chi connectivity index (χ0v) is 44.0. The third-order valence-corrected chi connectivity index (χ3v) is 12.0. The lowest BCUT2D eigenvalue weighted by Crippen LogP contribution is -2.41. The van der Waals surface area contributed by atoms with E-state index in [1.807, 2.05) is 92.3 Å². The summed E-state index contributed by atoms with van der Waals surface area (Å²) in [4.78, 5) is 48.5. The van der Waals surface area contributed by atoms with Crippen molar-refractivity contribution in [1.82, 2.24) is 60.1 Å². The van der Waals surface area contributed by atoms with Crippen LogP contribution in [0.2, 0.25) is 5.28 Å². The van der Waals surface area contributed by atoms with Gasteiger partial charge in [0.25, 0.3) is 0 Å². The van der Waals surface area contributed by atoms with Crippen LogP contribution in [0, 0.1) is 0 Å². The third-order valence-electron chi connectivity index (χ3n) is 11.8. The maximum atomic E-state index is 12.0. The van der Waals surface area contributed by atoms with E-state index in [0.717, 1.165) is 35.0 Å². The summed E-state index contributed by atoms with van der Waals surface area (Å²) in [5, 5.41) is 20.2. The molecule has 4 N–H and O–H groups in total. The van der Waals surface area contributed by atoms with Gasteiger partial charge in [-0.05, 0) is 152 Å². The second-order valence-corrected chi connectivity index (χ2v) is 21.3. The Bertz CT molecular complexity index is 2820. The molecule has 2 aliphatic carbocycles. The fraction of sp³-hybridized carbons (Fsp3) is 0.480. The Labute approximate surface area is 426 Å². The molecule has 9 rings (SSSR count). The van der Waals surface area contributed by atoms with E-state index in [0.29, 0.717) is 54.3 Å². The fourth-order valence-corrected chi connectivity index (χ4v) is 7.46. The highest BCUT2D eigenvalue weighted by Gasteiger charge is 2.52. The number of nitrogens with one attached hydrogen (secondary N) is 4. The summed E-state index contributed by atoms with van der Waals surface area (Å²) in [5.74, 6) is 3.79. The fourth-order valence-electron chi connectivity index (χ4n) is 7.33. The van der Waals surface area contributed by atoms with Crippen molar-refractivity contribution in [3.8, 4) is 11.4 Å². The molecule has 3 aliphatic rings. The first-order valence-corrected chi connectivity index (χ1v) is 24.4. The second kappa shape index (κ2) is 22.0. The predicted octanol–water partition coefficient (Wildman–Crippen LogP) is 8.81. The first-order chi connectivity index (χ1) is 33.9. The van der Waals surface area contributed by atoms with Crippen molar-refractivity contribution >= 4 is 59.9 Å². The van der Waals surface area contributed by atoms with E-state index in [9.17, 15) is 9.59 Å². The average Bonchev–Trinajstić information content (AvgIpc) is 4.22. The average molecular weight is 1010 g/mol. The second-order valence-electron chi connectivity index (χ2n) is 20.9. The van der Waals surface area contributed by atoms with E-state index < -0.39 is 17.3 Å². The highest BCUT2D eigenvalue weighted by molar-refractivity contribution is 6.62. The molecule has 2 amide bonds. The summed E-state index contributed by atoms with van der Waals surface area (Å²) < 4.78 is 26.4. The van der Waals surface area contributed by atoms with Crippen LogP contribution in [0.5, 0.6) is 0 Å². The van der Waals surface area contributed by atoms with Crippen LogP contribution < -0.4 is 26.7 Å². The Morgan fingerprint density at radius 2 is 1.15 bits per heavy atom. The number of nitrogens with zero attached hydrogens (tertiary/aromatic N) is 10. The lowest BCUT2D eigenvalue weighted by atomic mass is 9.77. The van der Waals surface area contributed by atoms with Crippen LogP contribution in [0.1, 0.15) is 129 Å². The first-order valence-electron chi connectivity index (χ1n) is 24.0. The highest BCUT2D eigenvalue weighted by Crippen LogP contribution is 2.44. The summed E-state index contributed by atoms with van der Waals surface area (Å²) >= 11 is 5.59. The molecule has 2 aromatic carbocycles. The van der Waals surface area contributed by atoms with Gasteiger partial charge in [0.05, 0.1) is 11.2 Å². The van der Waals surface area contributed by atoms with Crippen molar-refractivity contribution in [2.75, 3.05) is 10.6 Å². The quantitative estimate of drug-likeness (QED) is 0.0839. The van der Waals surface area contributed by atoms with Crippen LogP contribution in [-0.4, -0.2) is 91.2 Å². The van der Waals surface area contributed by atoms with Crippen molar-refractivity contribution in [2.45, 2.75) is 142 Å². The molecule has 6 aromatic rings. The molecule has 1 aliphatic heterocycles. The summed E-state index contributed by atoms with van der Waals surface area (Å²) in [5.41, 5.74) is 4.93. The zero-order chi connectivity index (χ0) is 52.0. The SMILES string of the molecule is CC(C)(C)OC(=O)NCc1ccc(B2OC(C)(C)C(C)(C)O2)cc1C1CC1.Cn1ccc(Nc2ncnc(-c3ccc(CNC(=O)OC(C)(C)C)c(C4CC4)c3)n2)n1.Cn1ccc(Nc2ncnc(Cl)n2)n1. The number of alkyl carbamates (subject to hydrolysis) is 2. The Balaban J connectivity index is 0.000000169. The van der Waals surface area contributed by atoms with Gasteiger partial charge in [0.15, 0.2) is 17.5 Å². The van der Waals surface area contributed by atoms with E-state index in [1.165, 1.54) is 36.6 Å². The van der Waals surface area contributed by atoms with E-state index in [-0.39, 0.29) is 29.7 Å². The number of amides is 2. The number of benzene rings is 2. The molecule has 0 unspecified atom stereocenters. The van der Waals surface area contributed by atoms with Crippen LogP contribution >= 0.6 is 11.6 Å². The van der Waals surface area contributed by atoms with Crippen molar-refractivity contribution < 1.29 is 28.4 Å². The highest BCUT2D eigenvalue weighted by atomic mass is 35.5. The van der Waals surface area contributed by atoms with Gasteiger partial charge in [0.1, 0.15) is 23.9 Å². The largest absolute Gasteiger partial charge is 0.494 e. The Morgan fingerprint density at radius 1 is 0.681 bits per heavy atom. The summed E-state index contributed by atoms with van der Waals surface area (Å²) in [6, 6.07) is 16.1. The van der Waals surface area contributed by atoms with Crippen LogP contribution in [0.15, 0.2) is 73.6 Å². The molecule has 20 nitrogen and oxygen atoms in total. The lowest BCUT2D eigenvalue weighted by molar-refractivity contribution is 0.00578. The number of carbonyl (C=O) groups excluding carboxylic acids is 2. The number of carbonyl (C=O) groups is 2. The topological polar surface area (TPSA) is 232 Å². The Hall–Kier alpha value is -6.71. The lowest BCUT2D eigenvalue weighted by Gasteiger charge is -2.32. The minimum atomic E-state index is -0.521. The molecule has 0 radical (unpaired) electrons. The maximum absolute atomic E-state index is 12.0. The zero-order valence-electron chi connectivity index (χ0n) is 43.2. The summed E-state index contributed by atoms with van der Waals surface area (Å²) in [6.45, 7) is 20.3. The van der Waals surface area contributed by atoms with Crippen LogP contribution in [0.3, 0.4) is 0 Å². The smallest absolute Gasteiger partial charge is 0.444 e. The molecule has 72 heavy (non-hydrogen) atoms. The molecule has 0 bridgehead atoms. The van der Waals surface area contributed by atoms with E-state index in [2.05, 4.69) is 107 Å². The first kappa shape index (κ1) is 53.1. The molecule has 2 saturated carbocycles. The van der Waals surface area contributed by atoms with Gasteiger partial charge in [-0.2, -0.15) is 20.2 Å². The van der Waals surface area contributed by atoms with Gasteiger partial charge in [0.2, 0.25) is 17.2 Å². The normalized spacial score (nSPS) is 15.8. The van der Waals surface area contributed by atoms with E-state index in [1.54, 1.807) is 15.4 Å². The van der Waals surface area contributed by atoms with Crippen molar-refractivity contribution in [1.29, 1.82) is 0 Å². The number of aromatic nitrogens is 10. The van der Waals surface area contributed by atoms with Gasteiger partial charge >= 0.3 is 19.3 Å². The molecule has 0 atom stereocenters. The van der Waals surface area contributed by atoms with Gasteiger partial charge in [-0.3, -0.25) is 9.36 Å². The number of ether oxygens (including phenoxy) is 2. The van der Waals surface area contributed by atoms with Gasteiger partial charge in [-0.1, -0.05) is 30.3 Å². The minimum absolute atomic E-state index is 0.151. The summed E-state index contributed by atoms with van der Waals surface area (Å²) in [6.07, 6.45) is 10.3. The van der Waals surface area contributed by atoms with Crippen molar-refractivity contribution in [2.24, 2.45) is 14.1 Å². The number of hydrogen-bond acceptors (Lipinski definition) is 16. The van der Waals surface area contributed by atoms with Crippen molar-refractivity contribution in [3.05, 3.63) is 101 Å². The molecule has 5 heterocycles. The Kier molecular flexibility index (Phi) is 16.2. The van der Waals surface area contributed by atoms with Crippen LogP contribution in [-0.2, 0) is 46.0 Å². The number of halogens is 1. The molecule has 3 fully saturated rings. The Morgan fingerprint density at radius 3 is 1.61 bits per heavy atom. The predicted molar refractivity (Wildman–Crippen MR) is 275 cm³/mol. The van der Waals surface area contributed by atoms with Gasteiger partial charge in [0, 0.05) is 57.3 Å². The monoisotopic (exact) mass is 1000 g/mol. The number of anilines is 4. The van der Waals surface area contributed by atoms with Gasteiger partial charge in [-0.15, -0.1) is 0 Å². The molecule has 0 spiro atoms. The molecular weight excluding hydrogens is 939 g/mol. The molecule has 22 heteroatoms. The van der Waals surface area contributed by atoms with Crippen LogP contribution in [0.25, 0.3) is 11.4 Å². The maximum Gasteiger partial charge on any atom is 0.494 e.